The first-order chi connectivity index (χ1) is 9.90. The van der Waals surface area contributed by atoms with Gasteiger partial charge in [-0.2, -0.15) is 13.2 Å². The summed E-state index contributed by atoms with van der Waals surface area (Å²) >= 11 is 0. The van der Waals surface area contributed by atoms with Gasteiger partial charge in [-0.25, -0.2) is 15.8 Å². The molecule has 0 amide bonds. The van der Waals surface area contributed by atoms with E-state index in [4.69, 9.17) is 5.84 Å². The van der Waals surface area contributed by atoms with Crippen molar-refractivity contribution in [3.8, 4) is 0 Å². The summed E-state index contributed by atoms with van der Waals surface area (Å²) in [4.78, 5) is 8.72. The first-order valence-electron chi connectivity index (χ1n) is 6.64. The van der Waals surface area contributed by atoms with E-state index in [2.05, 4.69) is 25.4 Å². The molecule has 1 heterocycles. The van der Waals surface area contributed by atoms with Crippen LogP contribution in [0.15, 0.2) is 0 Å². The minimum atomic E-state index is -4.30. The Morgan fingerprint density at radius 2 is 1.95 bits per heavy atom. The fraction of sp³-hybridized carbons (Fsp3) is 0.667. The van der Waals surface area contributed by atoms with E-state index in [0.29, 0.717) is 23.4 Å². The summed E-state index contributed by atoms with van der Waals surface area (Å²) in [6.07, 6.45) is -2.22. The van der Waals surface area contributed by atoms with Crippen LogP contribution in [0.5, 0.6) is 0 Å². The van der Waals surface area contributed by atoms with Crippen molar-refractivity contribution in [2.24, 2.45) is 5.84 Å². The Kier molecular flexibility index (Phi) is 4.84. The number of rotatable bonds is 7. The number of nitrogens with two attached hydrogens (primary N) is 1. The van der Waals surface area contributed by atoms with Crippen molar-refractivity contribution in [1.82, 2.24) is 9.97 Å². The molecule has 6 nitrogen and oxygen atoms in total. The van der Waals surface area contributed by atoms with E-state index in [9.17, 15) is 13.2 Å². The van der Waals surface area contributed by atoms with E-state index >= 15 is 0 Å². The van der Waals surface area contributed by atoms with Crippen LogP contribution in [0.1, 0.15) is 30.1 Å². The van der Waals surface area contributed by atoms with Gasteiger partial charge in [-0.05, 0) is 19.8 Å². The first kappa shape index (κ1) is 15.8. The highest BCUT2D eigenvalue weighted by molar-refractivity contribution is 5.57. The van der Waals surface area contributed by atoms with Crippen LogP contribution in [0.2, 0.25) is 0 Å². The van der Waals surface area contributed by atoms with Gasteiger partial charge in [0.05, 0.1) is 6.61 Å². The van der Waals surface area contributed by atoms with E-state index in [-0.39, 0.29) is 13.2 Å². The Hall–Kier alpha value is -1.61. The zero-order chi connectivity index (χ0) is 15.5. The minimum Gasteiger partial charge on any atom is -0.370 e. The van der Waals surface area contributed by atoms with Gasteiger partial charge in [0.15, 0.2) is 0 Å². The lowest BCUT2D eigenvalue weighted by Crippen LogP contribution is -2.21. The quantitative estimate of drug-likeness (QED) is 0.405. The summed E-state index contributed by atoms with van der Waals surface area (Å²) in [7, 11) is 0. The molecule has 2 rings (SSSR count). The highest BCUT2D eigenvalue weighted by atomic mass is 19.4. The largest absolute Gasteiger partial charge is 0.411 e. The number of aromatic nitrogens is 2. The highest BCUT2D eigenvalue weighted by Crippen LogP contribution is 2.39. The fourth-order valence-corrected chi connectivity index (χ4v) is 1.80. The summed E-state index contributed by atoms with van der Waals surface area (Å²) in [6.45, 7) is 0.695. The summed E-state index contributed by atoms with van der Waals surface area (Å²) in [5, 5.41) is 2.96. The molecule has 1 aromatic heterocycles. The number of nitrogens with zero attached hydrogens (tertiary/aromatic N) is 2. The van der Waals surface area contributed by atoms with Crippen LogP contribution < -0.4 is 16.6 Å². The Labute approximate surface area is 120 Å². The van der Waals surface area contributed by atoms with Gasteiger partial charge in [0, 0.05) is 18.0 Å². The van der Waals surface area contributed by atoms with Crippen molar-refractivity contribution < 1.29 is 17.9 Å². The molecule has 0 radical (unpaired) electrons. The number of anilines is 2. The van der Waals surface area contributed by atoms with Crippen molar-refractivity contribution in [3.05, 3.63) is 11.4 Å². The zero-order valence-corrected chi connectivity index (χ0v) is 11.6. The maximum absolute atomic E-state index is 11.9. The molecule has 0 aromatic carbocycles. The molecule has 0 unspecified atom stereocenters. The Morgan fingerprint density at radius 1 is 1.29 bits per heavy atom. The standard InChI is InChI=1S/C12H18F3N5O/c1-7-9(17-4-5-21-6-12(13,14)15)18-11(8-2-3-8)19-10(7)20-16/h8H,2-6,16H2,1H3,(H2,17,18,19,20). The Bertz CT molecular complexity index is 491. The predicted molar refractivity (Wildman–Crippen MR) is 71.9 cm³/mol. The number of ether oxygens (including phenoxy) is 1. The van der Waals surface area contributed by atoms with E-state index in [0.717, 1.165) is 18.4 Å². The van der Waals surface area contributed by atoms with Crippen molar-refractivity contribution >= 4 is 11.6 Å². The molecule has 0 aliphatic heterocycles. The Balaban J connectivity index is 1.91. The smallest absolute Gasteiger partial charge is 0.370 e. The lowest BCUT2D eigenvalue weighted by Gasteiger charge is -2.14. The number of hydrazine groups is 1. The molecular formula is C12H18F3N5O. The van der Waals surface area contributed by atoms with Crippen molar-refractivity contribution in [2.75, 3.05) is 30.5 Å². The Morgan fingerprint density at radius 3 is 2.52 bits per heavy atom. The van der Waals surface area contributed by atoms with E-state index < -0.39 is 12.8 Å². The lowest BCUT2D eigenvalue weighted by molar-refractivity contribution is -0.172. The van der Waals surface area contributed by atoms with Gasteiger partial charge < -0.3 is 15.5 Å². The van der Waals surface area contributed by atoms with Gasteiger partial charge in [-0.3, -0.25) is 0 Å². The monoisotopic (exact) mass is 305 g/mol. The van der Waals surface area contributed by atoms with E-state index in [1.165, 1.54) is 0 Å². The topological polar surface area (TPSA) is 85.1 Å². The van der Waals surface area contributed by atoms with E-state index in [1.807, 2.05) is 0 Å². The molecule has 9 heteroatoms. The summed E-state index contributed by atoms with van der Waals surface area (Å²) in [5.74, 6) is 7.55. The maximum atomic E-state index is 11.9. The van der Waals surface area contributed by atoms with Crippen LogP contribution in [0, 0.1) is 6.92 Å². The molecule has 4 N–H and O–H groups in total. The first-order valence-corrected chi connectivity index (χ1v) is 6.64. The van der Waals surface area contributed by atoms with Crippen molar-refractivity contribution in [2.45, 2.75) is 31.9 Å². The van der Waals surface area contributed by atoms with E-state index in [1.54, 1.807) is 6.92 Å². The van der Waals surface area contributed by atoms with Crippen molar-refractivity contribution in [3.63, 3.8) is 0 Å². The van der Waals surface area contributed by atoms with Crippen LogP contribution in [0.25, 0.3) is 0 Å². The highest BCUT2D eigenvalue weighted by Gasteiger charge is 2.28. The normalized spacial score (nSPS) is 15.1. The average molecular weight is 305 g/mol. The molecule has 1 saturated carbocycles. The van der Waals surface area contributed by atoms with Crippen LogP contribution in [-0.4, -0.2) is 35.9 Å². The second-order valence-electron chi connectivity index (χ2n) is 4.92. The molecule has 0 bridgehead atoms. The second kappa shape index (κ2) is 6.44. The molecule has 118 valence electrons. The maximum Gasteiger partial charge on any atom is 0.411 e. The third-order valence-electron chi connectivity index (χ3n) is 3.05. The number of alkyl halides is 3. The molecule has 0 spiro atoms. The predicted octanol–water partition coefficient (Wildman–Crippen LogP) is 1.94. The third kappa shape index (κ3) is 4.71. The van der Waals surface area contributed by atoms with Crippen LogP contribution in [0.4, 0.5) is 24.8 Å². The summed E-state index contributed by atoms with van der Waals surface area (Å²) < 4.78 is 40.3. The summed E-state index contributed by atoms with van der Waals surface area (Å²) in [5.41, 5.74) is 3.23. The van der Waals surface area contributed by atoms with Crippen molar-refractivity contribution in [1.29, 1.82) is 0 Å². The number of halogens is 3. The molecule has 1 aliphatic rings. The number of nitrogens with one attached hydrogen (secondary N) is 2. The van der Waals surface area contributed by atoms with Crippen LogP contribution in [0.3, 0.4) is 0 Å². The molecule has 0 atom stereocenters. The number of hydrogen-bond donors (Lipinski definition) is 3. The molecular weight excluding hydrogens is 287 g/mol. The van der Waals surface area contributed by atoms with Gasteiger partial charge in [-0.15, -0.1) is 0 Å². The van der Waals surface area contributed by atoms with Gasteiger partial charge in [-0.1, -0.05) is 0 Å². The van der Waals surface area contributed by atoms with Gasteiger partial charge >= 0.3 is 6.18 Å². The van der Waals surface area contributed by atoms with Crippen LogP contribution >= 0.6 is 0 Å². The fourth-order valence-electron chi connectivity index (χ4n) is 1.80. The van der Waals surface area contributed by atoms with Crippen LogP contribution in [-0.2, 0) is 4.74 Å². The molecule has 1 fully saturated rings. The molecule has 1 aromatic rings. The minimum absolute atomic E-state index is 0.0624. The number of nitrogen functional groups attached to an aromatic ring is 1. The van der Waals surface area contributed by atoms with Gasteiger partial charge in [0.2, 0.25) is 0 Å². The number of hydrogen-bond acceptors (Lipinski definition) is 6. The third-order valence-corrected chi connectivity index (χ3v) is 3.05. The van der Waals surface area contributed by atoms with Gasteiger partial charge in [0.1, 0.15) is 24.1 Å². The zero-order valence-electron chi connectivity index (χ0n) is 11.6. The average Bonchev–Trinajstić information content (AvgIpc) is 3.23. The lowest BCUT2D eigenvalue weighted by atomic mass is 10.3. The molecule has 0 saturated heterocycles. The molecule has 1 aliphatic carbocycles. The molecule has 21 heavy (non-hydrogen) atoms. The van der Waals surface area contributed by atoms with Gasteiger partial charge in [0.25, 0.3) is 0 Å². The second-order valence-corrected chi connectivity index (χ2v) is 4.92. The SMILES string of the molecule is Cc1c(NN)nc(C2CC2)nc1NCCOCC(F)(F)F. The summed E-state index contributed by atoms with van der Waals surface area (Å²) in [6, 6.07) is 0.